The molecule has 26 heavy (non-hydrogen) atoms. The third-order valence-electron chi connectivity index (χ3n) is 5.56. The summed E-state index contributed by atoms with van der Waals surface area (Å²) in [6.45, 7) is 10.5. The second kappa shape index (κ2) is 5.85. The van der Waals surface area contributed by atoms with Gasteiger partial charge in [-0.15, -0.1) is 10.2 Å². The van der Waals surface area contributed by atoms with Gasteiger partial charge in [0.1, 0.15) is 11.2 Å². The standard InChI is InChI=1S/C21H21ClN4/c1-11-9-10-16-18(12(11)2)23-20(26-25-16)19-14-7-6-8-15(22)17(14)13(3)21(4,5)24-19/h6-10,13H,1-5H3. The molecular formula is C21H21ClN4. The largest absolute Gasteiger partial charge is 0.274 e. The van der Waals surface area contributed by atoms with Gasteiger partial charge in [0.15, 0.2) is 0 Å². The lowest BCUT2D eigenvalue weighted by atomic mass is 9.77. The van der Waals surface area contributed by atoms with Crippen LogP contribution in [0, 0.1) is 13.8 Å². The first-order valence-electron chi connectivity index (χ1n) is 8.79. The number of aromatic nitrogens is 3. The lowest BCUT2D eigenvalue weighted by Crippen LogP contribution is -2.34. The van der Waals surface area contributed by atoms with Gasteiger partial charge < -0.3 is 0 Å². The molecule has 0 bridgehead atoms. The molecule has 0 N–H and O–H groups in total. The minimum atomic E-state index is -0.298. The molecule has 132 valence electrons. The fourth-order valence-electron chi connectivity index (χ4n) is 3.49. The fraction of sp³-hybridized carbons (Fsp3) is 0.333. The first-order valence-corrected chi connectivity index (χ1v) is 9.17. The summed E-state index contributed by atoms with van der Waals surface area (Å²) < 4.78 is 0. The molecule has 4 nitrogen and oxygen atoms in total. The summed E-state index contributed by atoms with van der Waals surface area (Å²) in [5.74, 6) is 0.752. The van der Waals surface area contributed by atoms with Crippen molar-refractivity contribution in [3.05, 3.63) is 63.4 Å². The molecule has 1 unspecified atom stereocenters. The molecule has 0 aliphatic carbocycles. The van der Waals surface area contributed by atoms with E-state index < -0.39 is 0 Å². The Balaban J connectivity index is 1.99. The third-order valence-corrected chi connectivity index (χ3v) is 5.89. The van der Waals surface area contributed by atoms with E-state index in [9.17, 15) is 0 Å². The zero-order chi connectivity index (χ0) is 18.6. The van der Waals surface area contributed by atoms with Gasteiger partial charge in [-0.25, -0.2) is 4.98 Å². The van der Waals surface area contributed by atoms with E-state index in [0.717, 1.165) is 38.5 Å². The van der Waals surface area contributed by atoms with E-state index in [1.807, 2.05) is 30.3 Å². The molecule has 0 radical (unpaired) electrons. The highest BCUT2D eigenvalue weighted by Crippen LogP contribution is 2.41. The molecule has 1 aliphatic heterocycles. The zero-order valence-corrected chi connectivity index (χ0v) is 16.4. The van der Waals surface area contributed by atoms with Crippen molar-refractivity contribution in [2.45, 2.75) is 46.1 Å². The van der Waals surface area contributed by atoms with Crippen molar-refractivity contribution in [2.24, 2.45) is 4.99 Å². The van der Waals surface area contributed by atoms with Gasteiger partial charge in [0.25, 0.3) is 0 Å². The zero-order valence-electron chi connectivity index (χ0n) is 15.6. The van der Waals surface area contributed by atoms with Gasteiger partial charge >= 0.3 is 0 Å². The van der Waals surface area contributed by atoms with Crippen LogP contribution in [0.1, 0.15) is 54.8 Å². The lowest BCUT2D eigenvalue weighted by Gasteiger charge is -2.35. The monoisotopic (exact) mass is 364 g/mol. The Kier molecular flexibility index (Phi) is 3.85. The van der Waals surface area contributed by atoms with Gasteiger partial charge in [0.2, 0.25) is 5.82 Å². The van der Waals surface area contributed by atoms with Crippen molar-refractivity contribution in [1.82, 2.24) is 15.2 Å². The maximum atomic E-state index is 6.55. The van der Waals surface area contributed by atoms with E-state index in [2.05, 4.69) is 44.8 Å². The number of aryl methyl sites for hydroxylation is 2. The SMILES string of the molecule is Cc1ccc2nnc(C3=NC(C)(C)C(C)c4c(Cl)cccc43)nc2c1C. The number of hydrogen-bond donors (Lipinski definition) is 0. The summed E-state index contributed by atoms with van der Waals surface area (Å²) in [6.07, 6.45) is 0. The minimum absolute atomic E-state index is 0.201. The van der Waals surface area contributed by atoms with Crippen LogP contribution in [0.2, 0.25) is 5.02 Å². The number of fused-ring (bicyclic) bond motifs is 2. The predicted octanol–water partition coefficient (Wildman–Crippen LogP) is 5.03. The molecule has 0 spiro atoms. The van der Waals surface area contributed by atoms with Crippen molar-refractivity contribution >= 4 is 28.3 Å². The number of halogens is 1. The molecule has 1 aromatic heterocycles. The molecular weight excluding hydrogens is 344 g/mol. The summed E-state index contributed by atoms with van der Waals surface area (Å²) in [4.78, 5) is 9.83. The van der Waals surface area contributed by atoms with Crippen LogP contribution in [0.15, 0.2) is 35.3 Å². The Morgan fingerprint density at radius 3 is 2.58 bits per heavy atom. The molecule has 1 atom stereocenters. The van der Waals surface area contributed by atoms with Crippen LogP contribution in [0.3, 0.4) is 0 Å². The highest BCUT2D eigenvalue weighted by atomic mass is 35.5. The molecule has 2 heterocycles. The first kappa shape index (κ1) is 17.1. The van der Waals surface area contributed by atoms with Crippen molar-refractivity contribution in [1.29, 1.82) is 0 Å². The molecule has 0 saturated carbocycles. The second-order valence-electron chi connectivity index (χ2n) is 7.55. The molecule has 2 aromatic carbocycles. The Morgan fingerprint density at radius 1 is 1.04 bits per heavy atom. The van der Waals surface area contributed by atoms with Crippen LogP contribution in [0.4, 0.5) is 0 Å². The van der Waals surface area contributed by atoms with Crippen LogP contribution in [-0.4, -0.2) is 26.4 Å². The number of nitrogens with zero attached hydrogens (tertiary/aromatic N) is 4. The maximum absolute atomic E-state index is 6.55. The average molecular weight is 365 g/mol. The van der Waals surface area contributed by atoms with E-state index in [4.69, 9.17) is 21.6 Å². The summed E-state index contributed by atoms with van der Waals surface area (Å²) in [6, 6.07) is 9.93. The molecule has 4 rings (SSSR count). The smallest absolute Gasteiger partial charge is 0.201 e. The second-order valence-corrected chi connectivity index (χ2v) is 7.95. The van der Waals surface area contributed by atoms with Gasteiger partial charge in [-0.1, -0.05) is 36.7 Å². The van der Waals surface area contributed by atoms with Gasteiger partial charge in [0, 0.05) is 16.5 Å². The topological polar surface area (TPSA) is 51.0 Å². The number of aliphatic imine (C=N–C) groups is 1. The van der Waals surface area contributed by atoms with Crippen LogP contribution in [-0.2, 0) is 0 Å². The Labute approximate surface area is 158 Å². The number of hydrogen-bond acceptors (Lipinski definition) is 4. The first-order chi connectivity index (χ1) is 12.3. The highest BCUT2D eigenvalue weighted by molar-refractivity contribution is 6.32. The van der Waals surface area contributed by atoms with Crippen LogP contribution < -0.4 is 0 Å². The minimum Gasteiger partial charge on any atom is -0.274 e. The number of benzene rings is 2. The Hall–Kier alpha value is -2.33. The van der Waals surface area contributed by atoms with Gasteiger partial charge in [0.05, 0.1) is 11.1 Å². The van der Waals surface area contributed by atoms with E-state index in [-0.39, 0.29) is 11.5 Å². The van der Waals surface area contributed by atoms with Crippen LogP contribution in [0.25, 0.3) is 11.0 Å². The van der Waals surface area contributed by atoms with Gasteiger partial charge in [-0.2, -0.15) is 0 Å². The summed E-state index contributed by atoms with van der Waals surface area (Å²) >= 11 is 6.55. The fourth-order valence-corrected chi connectivity index (χ4v) is 3.83. The molecule has 0 saturated heterocycles. The van der Waals surface area contributed by atoms with E-state index in [1.54, 1.807) is 0 Å². The lowest BCUT2D eigenvalue weighted by molar-refractivity contribution is 0.432. The summed E-state index contributed by atoms with van der Waals surface area (Å²) in [5, 5.41) is 9.54. The summed E-state index contributed by atoms with van der Waals surface area (Å²) in [5.41, 5.74) is 6.55. The molecule has 3 aromatic rings. The molecule has 1 aliphatic rings. The predicted molar refractivity (Wildman–Crippen MR) is 106 cm³/mol. The maximum Gasteiger partial charge on any atom is 0.201 e. The van der Waals surface area contributed by atoms with Gasteiger partial charge in [-0.3, -0.25) is 4.99 Å². The quantitative estimate of drug-likeness (QED) is 0.608. The molecule has 5 heteroatoms. The third kappa shape index (κ3) is 2.52. The highest BCUT2D eigenvalue weighted by Gasteiger charge is 2.36. The summed E-state index contributed by atoms with van der Waals surface area (Å²) in [7, 11) is 0. The number of rotatable bonds is 1. The normalized spacial score (nSPS) is 18.5. The van der Waals surface area contributed by atoms with E-state index in [0.29, 0.717) is 5.82 Å². The van der Waals surface area contributed by atoms with E-state index in [1.165, 1.54) is 5.56 Å². The van der Waals surface area contributed by atoms with E-state index >= 15 is 0 Å². The molecule has 0 fully saturated rings. The van der Waals surface area contributed by atoms with Crippen molar-refractivity contribution < 1.29 is 0 Å². The average Bonchev–Trinajstić information content (AvgIpc) is 2.61. The van der Waals surface area contributed by atoms with Crippen molar-refractivity contribution in [3.63, 3.8) is 0 Å². The van der Waals surface area contributed by atoms with Crippen molar-refractivity contribution in [2.75, 3.05) is 0 Å². The Bertz CT molecular complexity index is 1070. The molecule has 0 amide bonds. The van der Waals surface area contributed by atoms with Crippen molar-refractivity contribution in [3.8, 4) is 0 Å². The Morgan fingerprint density at radius 2 is 1.81 bits per heavy atom. The van der Waals surface area contributed by atoms with Crippen LogP contribution in [0.5, 0.6) is 0 Å². The van der Waals surface area contributed by atoms with Crippen LogP contribution >= 0.6 is 11.6 Å². The van der Waals surface area contributed by atoms with Gasteiger partial charge in [-0.05, 0) is 56.5 Å².